The molecule has 0 amide bonds. The van der Waals surface area contributed by atoms with Gasteiger partial charge in [0.15, 0.2) is 17.3 Å². The molecule has 0 aliphatic carbocycles. The average Bonchev–Trinajstić information content (AvgIpc) is 3.19. The van der Waals surface area contributed by atoms with E-state index < -0.39 is 29.8 Å². The quantitative estimate of drug-likeness (QED) is 0.531. The second kappa shape index (κ2) is 7.07. The van der Waals surface area contributed by atoms with Gasteiger partial charge in [-0.1, -0.05) is 10.1 Å². The lowest BCUT2D eigenvalue weighted by Crippen LogP contribution is -2.30. The molecule has 26 heavy (non-hydrogen) atoms. The monoisotopic (exact) mass is 365 g/mol. The number of hydrogen-bond donors (Lipinski definition) is 1. The molecule has 12 nitrogen and oxygen atoms in total. The maximum Gasteiger partial charge on any atom is 0.361 e. The topological polar surface area (TPSA) is 148 Å². The summed E-state index contributed by atoms with van der Waals surface area (Å²) in [6.07, 6.45) is 1.66. The lowest BCUT2D eigenvalue weighted by Gasteiger charge is -2.13. The zero-order chi connectivity index (χ0) is 18.8. The Bertz CT molecular complexity index is 905. The van der Waals surface area contributed by atoms with Crippen molar-refractivity contribution in [3.05, 3.63) is 28.9 Å². The molecule has 138 valence electrons. The van der Waals surface area contributed by atoms with Crippen LogP contribution in [0.15, 0.2) is 4.79 Å². The summed E-state index contributed by atoms with van der Waals surface area (Å²) in [4.78, 5) is 35.5. The Labute approximate surface area is 146 Å². The third kappa shape index (κ3) is 3.22. The molecule has 2 aromatic heterocycles. The smallest absolute Gasteiger partial charge is 0.361 e. The Balaban J connectivity index is 1.89. The van der Waals surface area contributed by atoms with Crippen molar-refractivity contribution in [1.29, 1.82) is 0 Å². The number of esters is 2. The minimum absolute atomic E-state index is 0.0162. The van der Waals surface area contributed by atoms with Gasteiger partial charge >= 0.3 is 17.5 Å². The number of nitrogens with zero attached hydrogens (tertiary/aromatic N) is 5. The number of fused-ring (bicyclic) bond motifs is 1. The van der Waals surface area contributed by atoms with E-state index in [-0.39, 0.29) is 34.8 Å². The summed E-state index contributed by atoms with van der Waals surface area (Å²) in [6.45, 7) is 2.94. The van der Waals surface area contributed by atoms with Crippen molar-refractivity contribution in [3.8, 4) is 0 Å². The molecule has 2 aromatic rings. The number of aromatic nitrogens is 5. The average molecular weight is 365 g/mol. The van der Waals surface area contributed by atoms with Gasteiger partial charge in [-0.25, -0.2) is 4.79 Å². The van der Waals surface area contributed by atoms with E-state index >= 15 is 0 Å². The van der Waals surface area contributed by atoms with Crippen molar-refractivity contribution >= 4 is 23.0 Å². The van der Waals surface area contributed by atoms with Gasteiger partial charge in [-0.3, -0.25) is 9.59 Å². The molecule has 3 heterocycles. The number of ether oxygens (including phenoxy) is 3. The highest BCUT2D eigenvalue weighted by Crippen LogP contribution is 2.25. The molecule has 1 aliphatic rings. The Hall–Kier alpha value is -3.02. The van der Waals surface area contributed by atoms with Gasteiger partial charge in [0.1, 0.15) is 6.61 Å². The highest BCUT2D eigenvalue weighted by atomic mass is 16.6. The van der Waals surface area contributed by atoms with E-state index in [0.29, 0.717) is 0 Å². The van der Waals surface area contributed by atoms with Crippen LogP contribution < -0.4 is 5.56 Å². The normalized spacial score (nSPS) is 19.6. The Morgan fingerprint density at radius 2 is 2.12 bits per heavy atom. The van der Waals surface area contributed by atoms with Crippen molar-refractivity contribution in [2.45, 2.75) is 26.2 Å². The SMILES string of the molecule is CCOC(=O)c1nn(O)c2c(=O)n(C3[CH][CH]C(COC(C)=O)O3)nnc12. The zero-order valence-electron chi connectivity index (χ0n) is 13.9. The standard InChI is InChI=1S/C14H15N5O7/c1-3-24-14(22)11-10-12(19(23)16-11)13(21)18(17-15-10)9-5-4-8(26-9)6-25-7(2)20/h4-5,8-9,23H,3,6H2,1-2H3. The molecule has 1 saturated heterocycles. The highest BCUT2D eigenvalue weighted by molar-refractivity contribution is 5.99. The lowest BCUT2D eigenvalue weighted by molar-refractivity contribution is -0.145. The van der Waals surface area contributed by atoms with Crippen LogP contribution in [0.2, 0.25) is 0 Å². The maximum absolute atomic E-state index is 12.6. The van der Waals surface area contributed by atoms with E-state index in [0.717, 1.165) is 4.68 Å². The number of carbonyl (C=O) groups excluding carboxylic acids is 2. The lowest BCUT2D eigenvalue weighted by atomic mass is 10.2. The van der Waals surface area contributed by atoms with E-state index in [2.05, 4.69) is 15.4 Å². The van der Waals surface area contributed by atoms with Gasteiger partial charge in [0.25, 0.3) is 0 Å². The fourth-order valence-corrected chi connectivity index (χ4v) is 2.35. The molecule has 0 saturated carbocycles. The molecule has 2 atom stereocenters. The maximum atomic E-state index is 12.6. The molecule has 1 N–H and O–H groups in total. The predicted octanol–water partition coefficient (Wildman–Crippen LogP) is -0.729. The largest absolute Gasteiger partial charge is 0.463 e. The van der Waals surface area contributed by atoms with Gasteiger partial charge in [-0.2, -0.15) is 4.68 Å². The van der Waals surface area contributed by atoms with Gasteiger partial charge in [-0.15, -0.1) is 10.2 Å². The molecule has 0 spiro atoms. The third-order valence-electron chi connectivity index (χ3n) is 3.46. The zero-order valence-corrected chi connectivity index (χ0v) is 13.9. The van der Waals surface area contributed by atoms with Crippen LogP contribution in [0.25, 0.3) is 11.0 Å². The summed E-state index contributed by atoms with van der Waals surface area (Å²) < 4.78 is 16.0. The summed E-state index contributed by atoms with van der Waals surface area (Å²) in [6, 6.07) is 0. The fraction of sp³-hybridized carbons (Fsp3) is 0.429. The van der Waals surface area contributed by atoms with Crippen LogP contribution >= 0.6 is 0 Å². The minimum Gasteiger partial charge on any atom is -0.463 e. The molecule has 0 bridgehead atoms. The Morgan fingerprint density at radius 1 is 1.35 bits per heavy atom. The van der Waals surface area contributed by atoms with Crippen molar-refractivity contribution in [2.24, 2.45) is 0 Å². The van der Waals surface area contributed by atoms with E-state index in [1.807, 2.05) is 0 Å². The highest BCUT2D eigenvalue weighted by Gasteiger charge is 2.32. The summed E-state index contributed by atoms with van der Waals surface area (Å²) >= 11 is 0. The number of rotatable bonds is 5. The summed E-state index contributed by atoms with van der Waals surface area (Å²) in [5.74, 6) is -1.30. The molecular formula is C14H15N5O7. The van der Waals surface area contributed by atoms with Crippen LogP contribution in [-0.4, -0.2) is 61.4 Å². The van der Waals surface area contributed by atoms with Crippen LogP contribution in [0.1, 0.15) is 30.6 Å². The Morgan fingerprint density at radius 3 is 2.81 bits per heavy atom. The van der Waals surface area contributed by atoms with Gasteiger partial charge in [0.2, 0.25) is 5.69 Å². The van der Waals surface area contributed by atoms with E-state index in [4.69, 9.17) is 14.2 Å². The molecular weight excluding hydrogens is 350 g/mol. The van der Waals surface area contributed by atoms with Gasteiger partial charge in [-0.05, 0) is 6.92 Å². The predicted molar refractivity (Wildman–Crippen MR) is 81.9 cm³/mol. The van der Waals surface area contributed by atoms with Crippen LogP contribution in [0, 0.1) is 12.8 Å². The molecule has 2 radical (unpaired) electrons. The van der Waals surface area contributed by atoms with Gasteiger partial charge in [0.05, 0.1) is 12.7 Å². The minimum atomic E-state index is -0.916. The fourth-order valence-electron chi connectivity index (χ4n) is 2.35. The molecule has 1 fully saturated rings. The first-order valence-electron chi connectivity index (χ1n) is 7.64. The first-order chi connectivity index (χ1) is 12.4. The molecule has 3 rings (SSSR count). The first kappa shape index (κ1) is 17.8. The van der Waals surface area contributed by atoms with Crippen molar-refractivity contribution < 1.29 is 29.0 Å². The summed E-state index contributed by atoms with van der Waals surface area (Å²) in [5, 5.41) is 20.9. The Kier molecular flexibility index (Phi) is 4.84. The van der Waals surface area contributed by atoms with Crippen molar-refractivity contribution in [2.75, 3.05) is 13.2 Å². The molecule has 0 aromatic carbocycles. The molecule has 2 unspecified atom stereocenters. The van der Waals surface area contributed by atoms with Crippen molar-refractivity contribution in [1.82, 2.24) is 24.9 Å². The van der Waals surface area contributed by atoms with Crippen LogP contribution in [0.4, 0.5) is 0 Å². The van der Waals surface area contributed by atoms with Crippen LogP contribution in [0.3, 0.4) is 0 Å². The third-order valence-corrected chi connectivity index (χ3v) is 3.46. The van der Waals surface area contributed by atoms with E-state index in [9.17, 15) is 19.6 Å². The number of hydrogen-bond acceptors (Lipinski definition) is 10. The van der Waals surface area contributed by atoms with Gasteiger partial charge < -0.3 is 19.4 Å². The van der Waals surface area contributed by atoms with Gasteiger partial charge in [0, 0.05) is 19.8 Å². The second-order valence-electron chi connectivity index (χ2n) is 5.25. The van der Waals surface area contributed by atoms with E-state index in [1.165, 1.54) is 13.3 Å². The number of carbonyl (C=O) groups is 2. The van der Waals surface area contributed by atoms with Crippen LogP contribution in [-0.2, 0) is 19.0 Å². The first-order valence-corrected chi connectivity index (χ1v) is 7.64. The molecule has 1 aliphatic heterocycles. The van der Waals surface area contributed by atoms with Crippen LogP contribution in [0.5, 0.6) is 0 Å². The second-order valence-corrected chi connectivity index (χ2v) is 5.25. The van der Waals surface area contributed by atoms with Crippen molar-refractivity contribution in [3.63, 3.8) is 0 Å². The summed E-state index contributed by atoms with van der Waals surface area (Å²) in [5.41, 5.74) is -1.63. The van der Waals surface area contributed by atoms with E-state index in [1.54, 1.807) is 13.3 Å². The molecule has 12 heteroatoms. The summed E-state index contributed by atoms with van der Waals surface area (Å²) in [7, 11) is 0.